The normalized spacial score (nSPS) is 30.8. The van der Waals surface area contributed by atoms with Gasteiger partial charge in [0.25, 0.3) is 0 Å². The number of aryl methyl sites for hydroxylation is 1. The molecule has 7 heteroatoms. The highest BCUT2D eigenvalue weighted by Gasteiger charge is 2.64. The van der Waals surface area contributed by atoms with E-state index in [1.807, 2.05) is 25.1 Å². The van der Waals surface area contributed by atoms with Crippen LogP contribution in [-0.4, -0.2) is 24.4 Å². The maximum absolute atomic E-state index is 15.1. The first-order chi connectivity index (χ1) is 13.4. The van der Waals surface area contributed by atoms with Gasteiger partial charge in [-0.3, -0.25) is 14.9 Å². The van der Waals surface area contributed by atoms with Crippen molar-refractivity contribution < 1.29 is 14.0 Å². The smallest absolute Gasteiger partial charge is 0.250 e. The molecule has 3 heterocycles. The average molecular weight is 400 g/mol. The quantitative estimate of drug-likeness (QED) is 0.690. The summed E-state index contributed by atoms with van der Waals surface area (Å²) in [7, 11) is 0. The molecule has 2 aromatic carbocycles. The summed E-state index contributed by atoms with van der Waals surface area (Å²) in [4.78, 5) is 26.2. The van der Waals surface area contributed by atoms with E-state index in [4.69, 9.17) is 11.6 Å². The van der Waals surface area contributed by atoms with Crippen LogP contribution < -0.4 is 16.0 Å². The first-order valence-electron chi connectivity index (χ1n) is 9.35. The van der Waals surface area contributed by atoms with E-state index < -0.39 is 23.2 Å². The van der Waals surface area contributed by atoms with E-state index in [-0.39, 0.29) is 28.4 Å². The Morgan fingerprint density at radius 3 is 2.86 bits per heavy atom. The third-order valence-corrected chi connectivity index (χ3v) is 6.54. The molecule has 0 unspecified atom stereocenters. The third kappa shape index (κ3) is 2.22. The van der Waals surface area contributed by atoms with Gasteiger partial charge in [0.2, 0.25) is 11.8 Å². The molecular weight excluding hydrogens is 381 g/mol. The molecule has 0 aliphatic carbocycles. The van der Waals surface area contributed by atoms with Crippen molar-refractivity contribution in [2.75, 3.05) is 11.9 Å². The Labute approximate surface area is 166 Å². The second kappa shape index (κ2) is 6.03. The Kier molecular flexibility index (Phi) is 3.80. The van der Waals surface area contributed by atoms with E-state index in [2.05, 4.69) is 16.0 Å². The maximum atomic E-state index is 15.1. The Morgan fingerprint density at radius 2 is 2.04 bits per heavy atom. The summed E-state index contributed by atoms with van der Waals surface area (Å²) in [5.41, 5.74) is 1.52. The van der Waals surface area contributed by atoms with Gasteiger partial charge in [0, 0.05) is 29.8 Å². The summed E-state index contributed by atoms with van der Waals surface area (Å²) in [6.07, 6.45) is 0.672. The minimum atomic E-state index is -1.22. The molecule has 1 spiro atoms. The van der Waals surface area contributed by atoms with Crippen LogP contribution in [-0.2, 0) is 15.1 Å². The van der Waals surface area contributed by atoms with Crippen LogP contribution >= 0.6 is 11.6 Å². The van der Waals surface area contributed by atoms with Crippen LogP contribution in [0.1, 0.15) is 29.0 Å². The number of piperidine rings is 1. The van der Waals surface area contributed by atoms with Gasteiger partial charge in [-0.15, -0.1) is 0 Å². The van der Waals surface area contributed by atoms with Gasteiger partial charge in [0.15, 0.2) is 0 Å². The second-order valence-corrected chi connectivity index (χ2v) is 8.20. The fraction of sp³-hybridized carbons (Fsp3) is 0.333. The molecule has 28 heavy (non-hydrogen) atoms. The fourth-order valence-corrected chi connectivity index (χ4v) is 5.30. The predicted octanol–water partition coefficient (Wildman–Crippen LogP) is 2.83. The van der Waals surface area contributed by atoms with Crippen LogP contribution in [0, 0.1) is 18.7 Å². The first kappa shape index (κ1) is 17.6. The molecule has 3 N–H and O–H groups in total. The molecule has 2 fully saturated rings. The number of carbonyl (C=O) groups excluding carboxylic acids is 2. The summed E-state index contributed by atoms with van der Waals surface area (Å²) in [6.45, 7) is 2.47. The van der Waals surface area contributed by atoms with Gasteiger partial charge >= 0.3 is 0 Å². The molecule has 4 atom stereocenters. The van der Waals surface area contributed by atoms with E-state index >= 15 is 4.39 Å². The summed E-state index contributed by atoms with van der Waals surface area (Å²) in [6, 6.07) is 10.2. The molecule has 0 bridgehead atoms. The molecular formula is C21H19ClFN3O2. The van der Waals surface area contributed by atoms with E-state index in [1.165, 1.54) is 6.07 Å². The average Bonchev–Trinajstić information content (AvgIpc) is 3.14. The monoisotopic (exact) mass is 399 g/mol. The number of benzene rings is 2. The van der Waals surface area contributed by atoms with Crippen LogP contribution in [0.2, 0.25) is 5.02 Å². The van der Waals surface area contributed by atoms with Gasteiger partial charge in [0.1, 0.15) is 11.4 Å². The molecule has 2 aromatic rings. The standard InChI is InChI=1S/C21H19ClFN3O2/c1-10-5-6-12-15(9-10)25-20(28)21(12)17(11-3-2-4-13(22)18(11)23)16-14(26-21)7-8-24-19(16)27/h2-6,9,14,16-17,26H,7-8H2,1H3,(H,24,27)(H,25,28)/t14-,16+,17-,21+/m0/s1. The zero-order valence-electron chi connectivity index (χ0n) is 15.2. The fourth-order valence-electron chi connectivity index (χ4n) is 5.12. The topological polar surface area (TPSA) is 70.2 Å². The van der Waals surface area contributed by atoms with E-state index in [1.54, 1.807) is 12.1 Å². The lowest BCUT2D eigenvalue weighted by Gasteiger charge is -2.32. The maximum Gasteiger partial charge on any atom is 0.250 e. The first-order valence-corrected chi connectivity index (χ1v) is 9.73. The number of nitrogens with one attached hydrogen (secondary N) is 3. The Morgan fingerprint density at radius 1 is 1.21 bits per heavy atom. The van der Waals surface area contributed by atoms with Crippen LogP contribution in [0.5, 0.6) is 0 Å². The van der Waals surface area contributed by atoms with Crippen LogP contribution in [0.25, 0.3) is 0 Å². The predicted molar refractivity (Wildman–Crippen MR) is 104 cm³/mol. The van der Waals surface area contributed by atoms with Gasteiger partial charge in [-0.1, -0.05) is 35.9 Å². The summed E-state index contributed by atoms with van der Waals surface area (Å²) >= 11 is 6.06. The van der Waals surface area contributed by atoms with Crippen LogP contribution in [0.15, 0.2) is 36.4 Å². The van der Waals surface area contributed by atoms with Gasteiger partial charge in [-0.2, -0.15) is 0 Å². The van der Waals surface area contributed by atoms with Gasteiger partial charge in [-0.25, -0.2) is 4.39 Å². The molecule has 5 nitrogen and oxygen atoms in total. The SMILES string of the molecule is Cc1ccc2c(c1)NC(=O)[C@@]21N[C@H]2CCNC(=O)[C@H]2[C@@H]1c1cccc(Cl)c1F. The zero-order chi connectivity index (χ0) is 19.6. The van der Waals surface area contributed by atoms with Crippen molar-refractivity contribution in [1.82, 2.24) is 10.6 Å². The van der Waals surface area contributed by atoms with E-state index in [9.17, 15) is 9.59 Å². The lowest BCUT2D eigenvalue weighted by Crippen LogP contribution is -2.49. The van der Waals surface area contributed by atoms with Crippen molar-refractivity contribution in [3.8, 4) is 0 Å². The number of amides is 2. The Hall–Kier alpha value is -2.44. The van der Waals surface area contributed by atoms with E-state index in [0.29, 0.717) is 18.7 Å². The molecule has 2 saturated heterocycles. The number of rotatable bonds is 1. The van der Waals surface area contributed by atoms with Crippen molar-refractivity contribution in [2.45, 2.75) is 30.8 Å². The number of anilines is 1. The lowest BCUT2D eigenvalue weighted by molar-refractivity contribution is -0.127. The molecule has 144 valence electrons. The van der Waals surface area contributed by atoms with Crippen molar-refractivity contribution >= 4 is 29.1 Å². The van der Waals surface area contributed by atoms with Crippen LogP contribution in [0.3, 0.4) is 0 Å². The number of hydrogen-bond acceptors (Lipinski definition) is 3. The number of carbonyl (C=O) groups is 2. The second-order valence-electron chi connectivity index (χ2n) is 7.79. The van der Waals surface area contributed by atoms with E-state index in [0.717, 1.165) is 11.1 Å². The molecule has 3 aliphatic rings. The van der Waals surface area contributed by atoms with Crippen molar-refractivity contribution in [3.63, 3.8) is 0 Å². The number of fused-ring (bicyclic) bond motifs is 3. The minimum absolute atomic E-state index is 0.0187. The highest BCUT2D eigenvalue weighted by Crippen LogP contribution is 2.55. The van der Waals surface area contributed by atoms with Gasteiger partial charge in [-0.05, 0) is 36.6 Å². The Bertz CT molecular complexity index is 1030. The third-order valence-electron chi connectivity index (χ3n) is 6.25. The minimum Gasteiger partial charge on any atom is -0.356 e. The summed E-state index contributed by atoms with van der Waals surface area (Å²) in [5.74, 6) is -2.29. The van der Waals surface area contributed by atoms with Gasteiger partial charge < -0.3 is 10.6 Å². The molecule has 0 radical (unpaired) electrons. The number of halogens is 2. The molecule has 5 rings (SSSR count). The van der Waals surface area contributed by atoms with Crippen LogP contribution in [0.4, 0.5) is 10.1 Å². The molecule has 0 saturated carbocycles. The van der Waals surface area contributed by atoms with Crippen molar-refractivity contribution in [1.29, 1.82) is 0 Å². The van der Waals surface area contributed by atoms with Gasteiger partial charge in [0.05, 0.1) is 10.9 Å². The largest absolute Gasteiger partial charge is 0.356 e. The van der Waals surface area contributed by atoms with Crippen molar-refractivity contribution in [2.24, 2.45) is 5.92 Å². The highest BCUT2D eigenvalue weighted by atomic mass is 35.5. The molecule has 3 aliphatic heterocycles. The molecule has 2 amide bonds. The number of hydrogen-bond donors (Lipinski definition) is 3. The highest BCUT2D eigenvalue weighted by molar-refractivity contribution is 6.30. The Balaban J connectivity index is 1.78. The summed E-state index contributed by atoms with van der Waals surface area (Å²) < 4.78 is 15.1. The lowest BCUT2D eigenvalue weighted by atomic mass is 9.70. The molecule has 0 aromatic heterocycles. The summed E-state index contributed by atoms with van der Waals surface area (Å²) in [5, 5.41) is 9.23. The van der Waals surface area contributed by atoms with Crippen molar-refractivity contribution in [3.05, 3.63) is 63.9 Å². The zero-order valence-corrected chi connectivity index (χ0v) is 15.9.